The lowest BCUT2D eigenvalue weighted by molar-refractivity contribution is 0.279. The van der Waals surface area contributed by atoms with E-state index in [-0.39, 0.29) is 23.3 Å². The zero-order valence-electron chi connectivity index (χ0n) is 10.2. The average Bonchev–Trinajstić information content (AvgIpc) is 2.34. The van der Waals surface area contributed by atoms with Crippen LogP contribution in [0.4, 0.5) is 0 Å². The van der Waals surface area contributed by atoms with Crippen LogP contribution in [0.3, 0.4) is 0 Å². The van der Waals surface area contributed by atoms with Gasteiger partial charge in [-0.2, -0.15) is 0 Å². The second-order valence-electron chi connectivity index (χ2n) is 3.98. The van der Waals surface area contributed by atoms with Gasteiger partial charge in [0.25, 0.3) is 0 Å². The third kappa shape index (κ3) is 3.92. The Morgan fingerprint density at radius 3 is 2.44 bits per heavy atom. The summed E-state index contributed by atoms with van der Waals surface area (Å²) in [6, 6.07) is 6.07. The molecule has 18 heavy (non-hydrogen) atoms. The highest BCUT2D eigenvalue weighted by molar-refractivity contribution is 7.90. The van der Waals surface area contributed by atoms with E-state index in [2.05, 4.69) is 5.16 Å². The smallest absolute Gasteiger partial charge is 0.175 e. The van der Waals surface area contributed by atoms with Crippen LogP contribution >= 0.6 is 0 Å². The number of hydrogen-bond acceptors (Lipinski definition) is 5. The number of sulfone groups is 1. The predicted molar refractivity (Wildman–Crippen MR) is 67.6 cm³/mol. The van der Waals surface area contributed by atoms with Gasteiger partial charge < -0.3 is 15.7 Å². The van der Waals surface area contributed by atoms with E-state index in [0.717, 1.165) is 6.26 Å². The van der Waals surface area contributed by atoms with Crippen LogP contribution in [0.1, 0.15) is 6.92 Å². The first-order valence-corrected chi connectivity index (χ1v) is 7.14. The van der Waals surface area contributed by atoms with E-state index in [1.54, 1.807) is 19.1 Å². The summed E-state index contributed by atoms with van der Waals surface area (Å²) in [6.07, 6.45) is 1.14. The summed E-state index contributed by atoms with van der Waals surface area (Å²) < 4.78 is 27.9. The van der Waals surface area contributed by atoms with Gasteiger partial charge in [-0.15, -0.1) is 0 Å². The van der Waals surface area contributed by atoms with Crippen molar-refractivity contribution < 1.29 is 18.4 Å². The number of nitrogens with two attached hydrogens (primary N) is 1. The Bertz CT molecular complexity index is 522. The van der Waals surface area contributed by atoms with Gasteiger partial charge in [0.15, 0.2) is 9.84 Å². The number of nitrogens with zero attached hydrogens (tertiary/aromatic N) is 1. The van der Waals surface area contributed by atoms with Crippen LogP contribution in [0.15, 0.2) is 34.3 Å². The van der Waals surface area contributed by atoms with E-state index < -0.39 is 9.84 Å². The van der Waals surface area contributed by atoms with Crippen molar-refractivity contribution >= 4 is 15.7 Å². The van der Waals surface area contributed by atoms with E-state index in [4.69, 9.17) is 15.7 Å². The quantitative estimate of drug-likeness (QED) is 0.358. The second-order valence-corrected chi connectivity index (χ2v) is 6.00. The third-order valence-corrected chi connectivity index (χ3v) is 3.50. The zero-order chi connectivity index (χ0) is 13.8. The summed E-state index contributed by atoms with van der Waals surface area (Å²) in [5.41, 5.74) is 5.40. The summed E-state index contributed by atoms with van der Waals surface area (Å²) in [6.45, 7) is 1.99. The molecule has 0 aromatic heterocycles. The van der Waals surface area contributed by atoms with Crippen LogP contribution in [-0.4, -0.2) is 32.3 Å². The van der Waals surface area contributed by atoms with E-state index in [0.29, 0.717) is 5.75 Å². The van der Waals surface area contributed by atoms with E-state index in [1.165, 1.54) is 12.1 Å². The highest BCUT2D eigenvalue weighted by Gasteiger charge is 2.10. The molecule has 1 rings (SSSR count). The molecule has 0 bridgehead atoms. The van der Waals surface area contributed by atoms with Crippen molar-refractivity contribution in [2.75, 3.05) is 12.9 Å². The van der Waals surface area contributed by atoms with Crippen molar-refractivity contribution in [2.45, 2.75) is 11.8 Å². The number of ether oxygens (including phenoxy) is 1. The molecule has 1 atom stereocenters. The predicted octanol–water partition coefficient (Wildman–Crippen LogP) is 0.851. The summed E-state index contributed by atoms with van der Waals surface area (Å²) in [7, 11) is -3.20. The van der Waals surface area contributed by atoms with Crippen molar-refractivity contribution in [2.24, 2.45) is 16.8 Å². The van der Waals surface area contributed by atoms with Gasteiger partial charge in [0.1, 0.15) is 11.6 Å². The van der Waals surface area contributed by atoms with Crippen molar-refractivity contribution in [3.63, 3.8) is 0 Å². The van der Waals surface area contributed by atoms with Gasteiger partial charge in [-0.25, -0.2) is 8.42 Å². The monoisotopic (exact) mass is 272 g/mol. The molecule has 0 radical (unpaired) electrons. The van der Waals surface area contributed by atoms with Gasteiger partial charge >= 0.3 is 0 Å². The zero-order valence-corrected chi connectivity index (χ0v) is 11.0. The maximum atomic E-state index is 11.2. The number of oxime groups is 1. The topological polar surface area (TPSA) is 102 Å². The fraction of sp³-hybridized carbons (Fsp3) is 0.364. The van der Waals surface area contributed by atoms with Crippen LogP contribution in [-0.2, 0) is 9.84 Å². The molecular formula is C11H16N2O4S. The molecular weight excluding hydrogens is 256 g/mol. The molecule has 100 valence electrons. The van der Waals surface area contributed by atoms with Crippen LogP contribution in [0.2, 0.25) is 0 Å². The molecule has 0 heterocycles. The lowest BCUT2D eigenvalue weighted by Crippen LogP contribution is -2.26. The molecule has 3 N–H and O–H groups in total. The van der Waals surface area contributed by atoms with Gasteiger partial charge in [-0.1, -0.05) is 12.1 Å². The van der Waals surface area contributed by atoms with Crippen LogP contribution in [0, 0.1) is 5.92 Å². The first kappa shape index (κ1) is 14.3. The maximum Gasteiger partial charge on any atom is 0.175 e. The molecule has 0 spiro atoms. The van der Waals surface area contributed by atoms with Crippen molar-refractivity contribution in [1.29, 1.82) is 0 Å². The Kier molecular flexibility index (Phi) is 4.55. The Hall–Kier alpha value is -1.76. The molecule has 1 aromatic rings. The molecule has 0 aliphatic carbocycles. The Balaban J connectivity index is 2.66. The minimum absolute atomic E-state index is 0.0859. The molecule has 0 saturated heterocycles. The van der Waals surface area contributed by atoms with Crippen LogP contribution in [0.25, 0.3) is 0 Å². The van der Waals surface area contributed by atoms with Gasteiger partial charge in [-0.3, -0.25) is 0 Å². The molecule has 0 saturated carbocycles. The molecule has 0 fully saturated rings. The average molecular weight is 272 g/mol. The van der Waals surface area contributed by atoms with E-state index in [1.807, 2.05) is 0 Å². The van der Waals surface area contributed by atoms with Crippen molar-refractivity contribution in [1.82, 2.24) is 0 Å². The molecule has 1 aromatic carbocycles. The number of amidine groups is 1. The molecule has 6 nitrogen and oxygen atoms in total. The Labute approximate surface area is 106 Å². The highest BCUT2D eigenvalue weighted by Crippen LogP contribution is 2.16. The summed E-state index contributed by atoms with van der Waals surface area (Å²) in [5.74, 6) is 0.382. The Morgan fingerprint density at radius 2 is 2.00 bits per heavy atom. The Morgan fingerprint density at radius 1 is 1.44 bits per heavy atom. The van der Waals surface area contributed by atoms with E-state index >= 15 is 0 Å². The minimum Gasteiger partial charge on any atom is -0.493 e. The van der Waals surface area contributed by atoms with E-state index in [9.17, 15) is 8.42 Å². The third-order valence-electron chi connectivity index (χ3n) is 2.37. The second kappa shape index (κ2) is 5.72. The van der Waals surface area contributed by atoms with Gasteiger partial charge in [0.05, 0.1) is 17.4 Å². The molecule has 0 aliphatic rings. The maximum absolute atomic E-state index is 11.2. The number of hydrogen-bond donors (Lipinski definition) is 2. The molecule has 0 aliphatic heterocycles. The number of benzene rings is 1. The fourth-order valence-corrected chi connectivity index (χ4v) is 1.82. The molecule has 7 heteroatoms. The lowest BCUT2D eigenvalue weighted by Gasteiger charge is -2.11. The van der Waals surface area contributed by atoms with Gasteiger partial charge in [-0.05, 0) is 24.3 Å². The normalized spacial score (nSPS) is 14.2. The largest absolute Gasteiger partial charge is 0.493 e. The summed E-state index contributed by atoms with van der Waals surface area (Å²) >= 11 is 0. The summed E-state index contributed by atoms with van der Waals surface area (Å²) in [5, 5.41) is 11.4. The van der Waals surface area contributed by atoms with Crippen molar-refractivity contribution in [3.05, 3.63) is 24.3 Å². The van der Waals surface area contributed by atoms with Crippen LogP contribution in [0.5, 0.6) is 5.75 Å². The lowest BCUT2D eigenvalue weighted by atomic mass is 10.2. The standard InChI is InChI=1S/C11H16N2O4S/c1-8(11(12)13-14)7-17-9-3-5-10(6-4-9)18(2,15)16/h3-6,8,14H,7H2,1-2H3,(H2,12,13). The minimum atomic E-state index is -3.20. The first-order valence-electron chi connectivity index (χ1n) is 5.25. The van der Waals surface area contributed by atoms with Gasteiger partial charge in [0.2, 0.25) is 0 Å². The summed E-state index contributed by atoms with van der Waals surface area (Å²) in [4.78, 5) is 0.235. The molecule has 0 amide bonds. The van der Waals surface area contributed by atoms with Gasteiger partial charge in [0, 0.05) is 6.26 Å². The fourth-order valence-electron chi connectivity index (χ4n) is 1.19. The SMILES string of the molecule is CC(COc1ccc(S(C)(=O)=O)cc1)/C(N)=N/O. The molecule has 1 unspecified atom stereocenters. The van der Waals surface area contributed by atoms with Crippen LogP contribution < -0.4 is 10.5 Å². The highest BCUT2D eigenvalue weighted by atomic mass is 32.2. The number of rotatable bonds is 5. The van der Waals surface area contributed by atoms with Crippen molar-refractivity contribution in [3.8, 4) is 5.75 Å². The first-order chi connectivity index (χ1) is 8.34.